The zero-order valence-electron chi connectivity index (χ0n) is 23.4. The lowest BCUT2D eigenvalue weighted by Gasteiger charge is -2.37. The van der Waals surface area contributed by atoms with Crippen molar-refractivity contribution in [1.29, 1.82) is 0 Å². The quantitative estimate of drug-likeness (QED) is 0.439. The number of nitrogens with zero attached hydrogens (tertiary/aromatic N) is 3. The van der Waals surface area contributed by atoms with Gasteiger partial charge in [-0.2, -0.15) is 0 Å². The van der Waals surface area contributed by atoms with Crippen LogP contribution in [0.15, 0.2) is 66.7 Å². The van der Waals surface area contributed by atoms with Crippen molar-refractivity contribution in [2.24, 2.45) is 0 Å². The van der Waals surface area contributed by atoms with E-state index in [-0.39, 0.29) is 5.91 Å². The molecule has 3 aromatic rings. The molecule has 0 radical (unpaired) electrons. The molecule has 0 unspecified atom stereocenters. The fourth-order valence-electron chi connectivity index (χ4n) is 7.40. The van der Waals surface area contributed by atoms with Crippen molar-refractivity contribution < 1.29 is 19.4 Å². The molecule has 7 rings (SSSR count). The fraction of sp³-hybridized carbons (Fsp3) is 0.412. The highest BCUT2D eigenvalue weighted by Gasteiger charge is 2.50. The summed E-state index contributed by atoms with van der Waals surface area (Å²) in [7, 11) is 0. The molecule has 0 atom stereocenters. The molecule has 41 heavy (non-hydrogen) atoms. The molecular weight excluding hydrogens is 514 g/mol. The van der Waals surface area contributed by atoms with Crippen LogP contribution in [0, 0.1) is 0 Å². The predicted octanol–water partition coefficient (Wildman–Crippen LogP) is 5.12. The maximum Gasteiger partial charge on any atom is 0.345 e. The van der Waals surface area contributed by atoms with Gasteiger partial charge in [-0.25, -0.2) is 4.79 Å². The first kappa shape index (κ1) is 26.2. The number of fused-ring (bicyclic) bond motifs is 4. The number of carboxylic acid groups (broad SMARTS) is 1. The summed E-state index contributed by atoms with van der Waals surface area (Å²) < 4.78 is 6.34. The van der Waals surface area contributed by atoms with E-state index in [0.29, 0.717) is 30.3 Å². The molecule has 0 bridgehead atoms. The number of aliphatic carboxylic acids is 1. The Kier molecular flexibility index (Phi) is 6.79. The molecule has 7 heteroatoms. The highest BCUT2D eigenvalue weighted by molar-refractivity contribution is 5.99. The van der Waals surface area contributed by atoms with E-state index in [0.717, 1.165) is 73.5 Å². The second-order valence-electron chi connectivity index (χ2n) is 11.8. The molecule has 4 aliphatic rings. The van der Waals surface area contributed by atoms with Gasteiger partial charge in [0.15, 0.2) is 0 Å². The lowest BCUT2D eigenvalue weighted by molar-refractivity contribution is -0.161. The standard InChI is InChI=1S/C34H37N3O4/c38-32-29-22-26(15-14-24(29)23-37(32)25-8-2-1-3-9-25)36-18-16-35(17-19-36)20-21-41-34(33(39)40)30-12-6-4-10-27(30)28-11-5-7-13-31(28)34/h4-7,10-15,22,25H,1-3,8-9,16-21,23H2,(H,39,40). The zero-order valence-corrected chi connectivity index (χ0v) is 23.4. The average Bonchev–Trinajstić information content (AvgIpc) is 3.50. The van der Waals surface area contributed by atoms with Gasteiger partial charge in [-0.15, -0.1) is 0 Å². The van der Waals surface area contributed by atoms with Gasteiger partial charge < -0.3 is 19.6 Å². The van der Waals surface area contributed by atoms with Gasteiger partial charge in [-0.05, 0) is 41.7 Å². The van der Waals surface area contributed by atoms with E-state index in [1.807, 2.05) is 48.5 Å². The number of hydrogen-bond donors (Lipinski definition) is 1. The highest BCUT2D eigenvalue weighted by Crippen LogP contribution is 2.49. The Morgan fingerprint density at radius 1 is 0.854 bits per heavy atom. The third kappa shape index (κ3) is 4.43. The Bertz CT molecular complexity index is 1430. The number of carbonyl (C=O) groups excluding carboxylic acids is 1. The molecule has 3 aromatic carbocycles. The van der Waals surface area contributed by atoms with Gasteiger partial charge in [0.25, 0.3) is 5.91 Å². The van der Waals surface area contributed by atoms with Crippen LogP contribution in [0.3, 0.4) is 0 Å². The molecule has 1 saturated carbocycles. The van der Waals surface area contributed by atoms with E-state index in [1.165, 1.54) is 19.3 Å². The van der Waals surface area contributed by atoms with E-state index in [1.54, 1.807) is 0 Å². The Morgan fingerprint density at radius 2 is 1.51 bits per heavy atom. The van der Waals surface area contributed by atoms with Gasteiger partial charge in [0.05, 0.1) is 6.61 Å². The van der Waals surface area contributed by atoms with Crippen LogP contribution >= 0.6 is 0 Å². The van der Waals surface area contributed by atoms with Crippen LogP contribution in [0.5, 0.6) is 0 Å². The Labute approximate surface area is 241 Å². The number of carbonyl (C=O) groups is 2. The third-order valence-corrected chi connectivity index (χ3v) is 9.61. The summed E-state index contributed by atoms with van der Waals surface area (Å²) in [4.78, 5) is 32.9. The molecule has 2 heterocycles. The minimum atomic E-state index is -1.49. The second-order valence-corrected chi connectivity index (χ2v) is 11.8. The van der Waals surface area contributed by atoms with Gasteiger partial charge in [0, 0.05) is 67.7 Å². The van der Waals surface area contributed by atoms with Crippen molar-refractivity contribution in [2.75, 3.05) is 44.2 Å². The predicted molar refractivity (Wildman–Crippen MR) is 158 cm³/mol. The summed E-state index contributed by atoms with van der Waals surface area (Å²) in [6.07, 6.45) is 6.00. The number of anilines is 1. The average molecular weight is 552 g/mol. The minimum absolute atomic E-state index is 0.201. The second kappa shape index (κ2) is 10.6. The summed E-state index contributed by atoms with van der Waals surface area (Å²) in [5.41, 5.74) is 4.91. The first-order valence-electron chi connectivity index (χ1n) is 15.0. The molecule has 0 spiro atoms. The maximum absolute atomic E-state index is 13.3. The van der Waals surface area contributed by atoms with Crippen molar-refractivity contribution in [3.05, 3.63) is 89.0 Å². The Balaban J connectivity index is 0.984. The van der Waals surface area contributed by atoms with Crippen molar-refractivity contribution in [3.63, 3.8) is 0 Å². The fourth-order valence-corrected chi connectivity index (χ4v) is 7.40. The van der Waals surface area contributed by atoms with Crippen LogP contribution in [0.25, 0.3) is 11.1 Å². The number of rotatable bonds is 7. The van der Waals surface area contributed by atoms with Crippen LogP contribution in [-0.4, -0.2) is 72.2 Å². The van der Waals surface area contributed by atoms with Crippen LogP contribution < -0.4 is 4.90 Å². The molecule has 2 fully saturated rings. The van der Waals surface area contributed by atoms with Crippen molar-refractivity contribution in [2.45, 2.75) is 50.3 Å². The first-order chi connectivity index (χ1) is 20.1. The first-order valence-corrected chi connectivity index (χ1v) is 15.0. The van der Waals surface area contributed by atoms with Crippen molar-refractivity contribution in [1.82, 2.24) is 9.80 Å². The Morgan fingerprint density at radius 3 is 2.17 bits per heavy atom. The maximum atomic E-state index is 13.3. The molecule has 1 N–H and O–H groups in total. The van der Waals surface area contributed by atoms with Crippen LogP contribution in [0.4, 0.5) is 5.69 Å². The molecular formula is C34H37N3O4. The van der Waals surface area contributed by atoms with Crippen LogP contribution in [-0.2, 0) is 21.7 Å². The van der Waals surface area contributed by atoms with Gasteiger partial charge >= 0.3 is 5.97 Å². The van der Waals surface area contributed by atoms with Crippen LogP contribution in [0.2, 0.25) is 0 Å². The molecule has 1 amide bonds. The lowest BCUT2D eigenvalue weighted by atomic mass is 9.91. The van der Waals surface area contributed by atoms with Gasteiger partial charge in [-0.3, -0.25) is 9.69 Å². The summed E-state index contributed by atoms with van der Waals surface area (Å²) >= 11 is 0. The number of amides is 1. The SMILES string of the molecule is O=C1c2cc(N3CCN(CCOC4(C(=O)O)c5ccccc5-c5ccccc54)CC3)ccc2CN1C1CCCCC1. The molecule has 1 saturated heterocycles. The summed E-state index contributed by atoms with van der Waals surface area (Å²) in [5, 5.41) is 10.5. The zero-order chi connectivity index (χ0) is 28.0. The number of carboxylic acids is 1. The summed E-state index contributed by atoms with van der Waals surface area (Å²) in [5.74, 6) is -0.778. The van der Waals surface area contributed by atoms with Gasteiger partial charge in [0.1, 0.15) is 0 Å². The lowest BCUT2D eigenvalue weighted by Crippen LogP contribution is -2.48. The van der Waals surface area contributed by atoms with Gasteiger partial charge in [0.2, 0.25) is 5.60 Å². The Hall–Kier alpha value is -3.68. The summed E-state index contributed by atoms with van der Waals surface area (Å²) in [6, 6.07) is 22.1. The number of piperazine rings is 1. The largest absolute Gasteiger partial charge is 0.479 e. The smallest absolute Gasteiger partial charge is 0.345 e. The number of hydrogen-bond acceptors (Lipinski definition) is 5. The minimum Gasteiger partial charge on any atom is -0.479 e. The summed E-state index contributed by atoms with van der Waals surface area (Å²) in [6.45, 7) is 5.15. The highest BCUT2D eigenvalue weighted by atomic mass is 16.5. The monoisotopic (exact) mass is 551 g/mol. The van der Waals surface area contributed by atoms with Crippen molar-refractivity contribution >= 4 is 17.6 Å². The number of ether oxygens (including phenoxy) is 1. The van der Waals surface area contributed by atoms with E-state index in [2.05, 4.69) is 32.9 Å². The topological polar surface area (TPSA) is 73.3 Å². The third-order valence-electron chi connectivity index (χ3n) is 9.61. The van der Waals surface area contributed by atoms with Crippen molar-refractivity contribution in [3.8, 4) is 11.1 Å². The molecule has 212 valence electrons. The van der Waals surface area contributed by atoms with E-state index in [9.17, 15) is 14.7 Å². The van der Waals surface area contributed by atoms with E-state index >= 15 is 0 Å². The van der Waals surface area contributed by atoms with E-state index in [4.69, 9.17) is 4.74 Å². The number of benzene rings is 3. The molecule has 2 aliphatic heterocycles. The normalized spacial score (nSPS) is 20.1. The van der Waals surface area contributed by atoms with Crippen LogP contribution in [0.1, 0.15) is 59.2 Å². The van der Waals surface area contributed by atoms with Gasteiger partial charge in [-0.1, -0.05) is 73.9 Å². The molecule has 2 aliphatic carbocycles. The molecule has 0 aromatic heterocycles. The van der Waals surface area contributed by atoms with E-state index < -0.39 is 11.6 Å². The molecule has 7 nitrogen and oxygen atoms in total.